The van der Waals surface area contributed by atoms with Crippen molar-refractivity contribution in [2.24, 2.45) is 0 Å². The van der Waals surface area contributed by atoms with E-state index in [0.29, 0.717) is 5.75 Å². The molecule has 0 N–H and O–H groups in total. The summed E-state index contributed by atoms with van der Waals surface area (Å²) >= 11 is 10.7. The fourth-order valence-electron chi connectivity index (χ4n) is 0.938. The summed E-state index contributed by atoms with van der Waals surface area (Å²) < 4.78 is 4.91. The van der Waals surface area contributed by atoms with Gasteiger partial charge >= 0.3 is 5.97 Å². The molecule has 76 valence electrons. The van der Waals surface area contributed by atoms with Crippen molar-refractivity contribution in [2.45, 2.75) is 18.7 Å². The number of benzene rings is 1. The van der Waals surface area contributed by atoms with E-state index in [1.807, 2.05) is 19.9 Å². The van der Waals surface area contributed by atoms with Gasteiger partial charge in [0.05, 0.1) is 0 Å². The molecule has 0 aliphatic carbocycles. The molecule has 0 bridgehead atoms. The van der Waals surface area contributed by atoms with Gasteiger partial charge in [0.2, 0.25) is 4.84 Å². The van der Waals surface area contributed by atoms with E-state index >= 15 is 0 Å². The molecule has 0 amide bonds. The number of hydrogen-bond acceptors (Lipinski definition) is 2. The first-order valence-corrected chi connectivity index (χ1v) is 4.95. The molecule has 0 atom stereocenters. The van der Waals surface area contributed by atoms with Crippen LogP contribution in [0.5, 0.6) is 5.75 Å². The predicted molar refractivity (Wildman–Crippen MR) is 57.0 cm³/mol. The van der Waals surface area contributed by atoms with E-state index in [-0.39, 0.29) is 0 Å². The van der Waals surface area contributed by atoms with E-state index in [4.69, 9.17) is 27.9 Å². The third-order valence-corrected chi connectivity index (χ3v) is 2.23. The average molecular weight is 233 g/mol. The maximum absolute atomic E-state index is 11.0. The third-order valence-electron chi connectivity index (χ3n) is 1.87. The summed E-state index contributed by atoms with van der Waals surface area (Å²) in [5.41, 5.74) is 2.19. The van der Waals surface area contributed by atoms with Gasteiger partial charge < -0.3 is 4.74 Å². The summed E-state index contributed by atoms with van der Waals surface area (Å²) in [5, 5.41) is 0. The second kappa shape index (κ2) is 4.67. The molecule has 0 saturated heterocycles. The van der Waals surface area contributed by atoms with Gasteiger partial charge in [0.1, 0.15) is 5.75 Å². The van der Waals surface area contributed by atoms with Crippen molar-refractivity contribution in [3.63, 3.8) is 0 Å². The Hall–Kier alpha value is -0.730. The Morgan fingerprint density at radius 2 is 1.93 bits per heavy atom. The van der Waals surface area contributed by atoms with Crippen molar-refractivity contribution in [1.82, 2.24) is 0 Å². The van der Waals surface area contributed by atoms with Crippen molar-refractivity contribution in [3.05, 3.63) is 29.3 Å². The minimum atomic E-state index is -1.14. The topological polar surface area (TPSA) is 26.3 Å². The van der Waals surface area contributed by atoms with Crippen LogP contribution in [0.2, 0.25) is 0 Å². The molecule has 1 aromatic rings. The highest BCUT2D eigenvalue weighted by molar-refractivity contribution is 6.53. The highest BCUT2D eigenvalue weighted by atomic mass is 35.5. The number of halogens is 2. The number of esters is 1. The Bertz CT molecular complexity index is 348. The van der Waals surface area contributed by atoms with Gasteiger partial charge in [-0.05, 0) is 37.1 Å². The van der Waals surface area contributed by atoms with E-state index < -0.39 is 10.8 Å². The van der Waals surface area contributed by atoms with Crippen molar-refractivity contribution >= 4 is 29.2 Å². The van der Waals surface area contributed by atoms with E-state index in [1.54, 1.807) is 12.1 Å². The monoisotopic (exact) mass is 232 g/mol. The summed E-state index contributed by atoms with van der Waals surface area (Å²) in [6.07, 6.45) is 0. The second-order valence-electron chi connectivity index (χ2n) is 2.97. The average Bonchev–Trinajstić information content (AvgIpc) is 2.11. The summed E-state index contributed by atoms with van der Waals surface area (Å²) in [6, 6.07) is 5.34. The standard InChI is InChI=1S/C10H10Cl2O2/c1-6-3-4-8(5-7(6)2)14-10(13)9(11)12/h3-5,9H,1-2H3. The van der Waals surface area contributed by atoms with Gasteiger partial charge in [-0.2, -0.15) is 0 Å². The number of hydrogen-bond donors (Lipinski definition) is 0. The lowest BCUT2D eigenvalue weighted by Gasteiger charge is -2.06. The van der Waals surface area contributed by atoms with Gasteiger partial charge in [-0.1, -0.05) is 29.3 Å². The lowest BCUT2D eigenvalue weighted by Crippen LogP contribution is -2.15. The summed E-state index contributed by atoms with van der Waals surface area (Å²) in [6.45, 7) is 3.92. The zero-order valence-electron chi connectivity index (χ0n) is 7.88. The molecule has 0 spiro atoms. The summed E-state index contributed by atoms with van der Waals surface area (Å²) in [7, 11) is 0. The number of aryl methyl sites for hydroxylation is 2. The Labute approximate surface area is 92.8 Å². The van der Waals surface area contributed by atoms with Crippen molar-refractivity contribution < 1.29 is 9.53 Å². The van der Waals surface area contributed by atoms with Crippen LogP contribution < -0.4 is 4.74 Å². The molecule has 0 radical (unpaired) electrons. The first kappa shape index (κ1) is 11.3. The highest BCUT2D eigenvalue weighted by Crippen LogP contribution is 2.18. The zero-order chi connectivity index (χ0) is 10.7. The molecule has 0 aliphatic heterocycles. The van der Waals surface area contributed by atoms with E-state index in [1.165, 1.54) is 0 Å². The fraction of sp³-hybridized carbons (Fsp3) is 0.300. The third kappa shape index (κ3) is 2.89. The van der Waals surface area contributed by atoms with Crippen molar-refractivity contribution in [3.8, 4) is 5.75 Å². The van der Waals surface area contributed by atoms with Crippen molar-refractivity contribution in [1.29, 1.82) is 0 Å². The van der Waals surface area contributed by atoms with E-state index in [2.05, 4.69) is 0 Å². The smallest absolute Gasteiger partial charge is 0.344 e. The van der Waals surface area contributed by atoms with Gasteiger partial charge in [0.25, 0.3) is 0 Å². The molecule has 0 fully saturated rings. The molecule has 1 rings (SSSR count). The molecule has 0 aliphatic rings. The van der Waals surface area contributed by atoms with Gasteiger partial charge in [-0.3, -0.25) is 0 Å². The lowest BCUT2D eigenvalue weighted by molar-refractivity contribution is -0.132. The molecule has 4 heteroatoms. The fourth-order valence-corrected chi connectivity index (χ4v) is 1.03. The van der Waals surface area contributed by atoms with Crippen LogP contribution in [0.15, 0.2) is 18.2 Å². The summed E-state index contributed by atoms with van der Waals surface area (Å²) in [5.74, 6) is -0.194. The van der Waals surface area contributed by atoms with Crippen LogP contribution in [0.4, 0.5) is 0 Å². The molecule has 0 aromatic heterocycles. The Kier molecular flexibility index (Phi) is 3.78. The quantitative estimate of drug-likeness (QED) is 0.446. The minimum Gasteiger partial charge on any atom is -0.425 e. The number of ether oxygens (including phenoxy) is 1. The summed E-state index contributed by atoms with van der Waals surface area (Å²) in [4.78, 5) is 9.88. The van der Waals surface area contributed by atoms with Crippen LogP contribution in [0.1, 0.15) is 11.1 Å². The highest BCUT2D eigenvalue weighted by Gasteiger charge is 2.13. The number of rotatable bonds is 2. The first-order valence-electron chi connectivity index (χ1n) is 4.08. The molecular formula is C10H10Cl2O2. The molecule has 14 heavy (non-hydrogen) atoms. The van der Waals surface area contributed by atoms with Crippen LogP contribution >= 0.6 is 23.2 Å². The molecular weight excluding hydrogens is 223 g/mol. The molecule has 0 saturated carbocycles. The van der Waals surface area contributed by atoms with Crippen LogP contribution in [0, 0.1) is 13.8 Å². The Morgan fingerprint density at radius 3 is 2.43 bits per heavy atom. The maximum Gasteiger partial charge on any atom is 0.344 e. The SMILES string of the molecule is Cc1ccc(OC(=O)C(Cl)Cl)cc1C. The number of carbonyl (C=O) groups is 1. The van der Waals surface area contributed by atoms with Crippen LogP contribution in [0.3, 0.4) is 0 Å². The van der Waals surface area contributed by atoms with Crippen LogP contribution in [0.25, 0.3) is 0 Å². The normalized spacial score (nSPS) is 10.4. The van der Waals surface area contributed by atoms with Gasteiger partial charge in [-0.15, -0.1) is 0 Å². The minimum absolute atomic E-state index is 0.462. The van der Waals surface area contributed by atoms with Gasteiger partial charge in [0.15, 0.2) is 0 Å². The molecule has 1 aromatic carbocycles. The number of carbonyl (C=O) groups excluding carboxylic acids is 1. The first-order chi connectivity index (χ1) is 6.50. The van der Waals surface area contributed by atoms with Crippen LogP contribution in [-0.4, -0.2) is 10.8 Å². The number of alkyl halides is 2. The van der Waals surface area contributed by atoms with E-state index in [0.717, 1.165) is 11.1 Å². The second-order valence-corrected chi connectivity index (χ2v) is 4.06. The lowest BCUT2D eigenvalue weighted by atomic mass is 10.1. The maximum atomic E-state index is 11.0. The van der Waals surface area contributed by atoms with Gasteiger partial charge in [-0.25, -0.2) is 4.79 Å². The molecule has 0 heterocycles. The van der Waals surface area contributed by atoms with Gasteiger partial charge in [0, 0.05) is 0 Å². The Morgan fingerprint density at radius 1 is 1.29 bits per heavy atom. The zero-order valence-corrected chi connectivity index (χ0v) is 9.39. The largest absolute Gasteiger partial charge is 0.425 e. The Balaban J connectivity index is 2.78. The van der Waals surface area contributed by atoms with E-state index in [9.17, 15) is 4.79 Å². The van der Waals surface area contributed by atoms with Crippen molar-refractivity contribution in [2.75, 3.05) is 0 Å². The predicted octanol–water partition coefficient (Wildman–Crippen LogP) is 3.01. The van der Waals surface area contributed by atoms with Crippen LogP contribution in [-0.2, 0) is 4.79 Å². The molecule has 0 unspecified atom stereocenters. The molecule has 2 nitrogen and oxygen atoms in total.